The first-order chi connectivity index (χ1) is 8.85. The molecular formula is C15H21NO2. The largest absolute Gasteiger partial charge is 0.488 e. The van der Waals surface area contributed by atoms with Crippen LogP contribution in [-0.4, -0.2) is 42.4 Å². The molecule has 2 aliphatic rings. The number of rotatable bonds is 3. The molecule has 0 bridgehead atoms. The van der Waals surface area contributed by atoms with Crippen LogP contribution in [0.4, 0.5) is 0 Å². The van der Waals surface area contributed by atoms with Crippen molar-refractivity contribution in [1.29, 1.82) is 0 Å². The summed E-state index contributed by atoms with van der Waals surface area (Å²) in [5.41, 5.74) is 1.34. The highest BCUT2D eigenvalue weighted by atomic mass is 16.5. The molecule has 0 amide bonds. The van der Waals surface area contributed by atoms with Crippen LogP contribution in [0.15, 0.2) is 24.3 Å². The highest BCUT2D eigenvalue weighted by molar-refractivity contribution is 5.37. The molecule has 98 valence electrons. The van der Waals surface area contributed by atoms with Crippen LogP contribution in [0.5, 0.6) is 5.75 Å². The Morgan fingerprint density at radius 2 is 2.00 bits per heavy atom. The molecular weight excluding hydrogens is 226 g/mol. The zero-order valence-corrected chi connectivity index (χ0v) is 10.7. The van der Waals surface area contributed by atoms with Gasteiger partial charge < -0.3 is 9.84 Å². The second-order valence-corrected chi connectivity index (χ2v) is 5.48. The summed E-state index contributed by atoms with van der Waals surface area (Å²) in [6.07, 6.45) is 3.59. The van der Waals surface area contributed by atoms with Crippen molar-refractivity contribution in [3.05, 3.63) is 29.8 Å². The maximum atomic E-state index is 9.14. The van der Waals surface area contributed by atoms with Crippen molar-refractivity contribution in [2.24, 2.45) is 5.92 Å². The van der Waals surface area contributed by atoms with Gasteiger partial charge >= 0.3 is 0 Å². The Bertz CT molecular complexity index is 374. The van der Waals surface area contributed by atoms with E-state index < -0.39 is 0 Å². The van der Waals surface area contributed by atoms with Crippen molar-refractivity contribution in [2.45, 2.75) is 25.4 Å². The lowest BCUT2D eigenvalue weighted by Gasteiger charge is -2.32. The van der Waals surface area contributed by atoms with Crippen molar-refractivity contribution in [1.82, 2.24) is 4.90 Å². The van der Waals surface area contributed by atoms with Gasteiger partial charge in [0, 0.05) is 19.6 Å². The van der Waals surface area contributed by atoms with Gasteiger partial charge in [-0.15, -0.1) is 0 Å². The van der Waals surface area contributed by atoms with Crippen LogP contribution in [0.3, 0.4) is 0 Å². The minimum atomic E-state index is 0.313. The summed E-state index contributed by atoms with van der Waals surface area (Å²) in [7, 11) is 0. The molecule has 1 aromatic carbocycles. The lowest BCUT2D eigenvalue weighted by Crippen LogP contribution is -2.40. The van der Waals surface area contributed by atoms with Crippen molar-refractivity contribution >= 4 is 0 Å². The molecule has 1 atom stereocenters. The number of nitrogens with zero attached hydrogens (tertiary/aromatic N) is 1. The van der Waals surface area contributed by atoms with Gasteiger partial charge in [0.05, 0.1) is 0 Å². The molecule has 0 spiro atoms. The van der Waals surface area contributed by atoms with Crippen molar-refractivity contribution in [2.75, 3.05) is 26.2 Å². The lowest BCUT2D eigenvalue weighted by atomic mass is 9.97. The molecule has 0 saturated carbocycles. The number of hydrogen-bond donors (Lipinski definition) is 1. The molecule has 2 heterocycles. The van der Waals surface area contributed by atoms with Gasteiger partial charge in [-0.05, 0) is 43.5 Å². The lowest BCUT2D eigenvalue weighted by molar-refractivity contribution is 0.0959. The summed E-state index contributed by atoms with van der Waals surface area (Å²) in [5, 5.41) is 9.14. The summed E-state index contributed by atoms with van der Waals surface area (Å²) in [6.45, 7) is 3.56. The Balaban J connectivity index is 1.51. The summed E-state index contributed by atoms with van der Waals surface area (Å²) >= 11 is 0. The number of aliphatic hydroxyl groups excluding tert-OH is 1. The molecule has 1 saturated heterocycles. The van der Waals surface area contributed by atoms with E-state index in [9.17, 15) is 0 Å². The molecule has 1 unspecified atom stereocenters. The summed E-state index contributed by atoms with van der Waals surface area (Å²) < 4.78 is 5.97. The first-order valence-corrected chi connectivity index (χ1v) is 6.93. The van der Waals surface area contributed by atoms with Crippen molar-refractivity contribution in [3.8, 4) is 5.75 Å². The van der Waals surface area contributed by atoms with E-state index in [-0.39, 0.29) is 0 Å². The van der Waals surface area contributed by atoms with Gasteiger partial charge in [-0.1, -0.05) is 18.2 Å². The SMILES string of the molecule is OCC1CCN(CC2Cc3ccccc3O2)CC1. The number of hydrogen-bond acceptors (Lipinski definition) is 3. The number of ether oxygens (including phenoxy) is 1. The average Bonchev–Trinajstić information content (AvgIpc) is 2.82. The van der Waals surface area contributed by atoms with Crippen LogP contribution in [0.25, 0.3) is 0 Å². The zero-order valence-electron chi connectivity index (χ0n) is 10.7. The molecule has 0 aromatic heterocycles. The summed E-state index contributed by atoms with van der Waals surface area (Å²) in [4.78, 5) is 2.47. The van der Waals surface area contributed by atoms with Gasteiger partial charge in [0.2, 0.25) is 0 Å². The normalized spacial score (nSPS) is 24.8. The Hall–Kier alpha value is -1.06. The molecule has 2 aliphatic heterocycles. The van der Waals surface area contributed by atoms with Gasteiger partial charge in [0.15, 0.2) is 0 Å². The first-order valence-electron chi connectivity index (χ1n) is 6.93. The number of para-hydroxylation sites is 1. The average molecular weight is 247 g/mol. The third kappa shape index (κ3) is 2.52. The maximum Gasteiger partial charge on any atom is 0.123 e. The van der Waals surface area contributed by atoms with E-state index in [1.54, 1.807) is 0 Å². The first kappa shape index (κ1) is 12.0. The van der Waals surface area contributed by atoms with Crippen molar-refractivity contribution < 1.29 is 9.84 Å². The minimum absolute atomic E-state index is 0.313. The minimum Gasteiger partial charge on any atom is -0.488 e. The Morgan fingerprint density at radius 1 is 1.22 bits per heavy atom. The van der Waals surface area contributed by atoms with Gasteiger partial charge in [0.25, 0.3) is 0 Å². The van der Waals surface area contributed by atoms with E-state index in [1.807, 2.05) is 6.07 Å². The van der Waals surface area contributed by atoms with E-state index in [4.69, 9.17) is 9.84 Å². The molecule has 3 rings (SSSR count). The van der Waals surface area contributed by atoms with Gasteiger partial charge in [0.1, 0.15) is 11.9 Å². The molecule has 1 fully saturated rings. The van der Waals surface area contributed by atoms with Crippen molar-refractivity contribution in [3.63, 3.8) is 0 Å². The molecule has 18 heavy (non-hydrogen) atoms. The second kappa shape index (κ2) is 5.29. The Labute approximate surface area is 108 Å². The van der Waals surface area contributed by atoms with Crippen LogP contribution >= 0.6 is 0 Å². The van der Waals surface area contributed by atoms with Gasteiger partial charge in [-0.25, -0.2) is 0 Å². The second-order valence-electron chi connectivity index (χ2n) is 5.48. The number of aliphatic hydroxyl groups is 1. The number of likely N-dealkylation sites (tertiary alicyclic amines) is 1. The smallest absolute Gasteiger partial charge is 0.123 e. The molecule has 0 radical (unpaired) electrons. The quantitative estimate of drug-likeness (QED) is 0.882. The van der Waals surface area contributed by atoms with Crippen LogP contribution < -0.4 is 4.74 Å². The predicted molar refractivity (Wildman–Crippen MR) is 70.8 cm³/mol. The van der Waals surface area contributed by atoms with E-state index in [0.29, 0.717) is 18.6 Å². The Morgan fingerprint density at radius 3 is 2.72 bits per heavy atom. The van der Waals surface area contributed by atoms with Gasteiger partial charge in [-0.3, -0.25) is 4.90 Å². The number of fused-ring (bicyclic) bond motifs is 1. The molecule has 1 N–H and O–H groups in total. The number of benzene rings is 1. The Kier molecular flexibility index (Phi) is 3.52. The molecule has 3 nitrogen and oxygen atoms in total. The predicted octanol–water partition coefficient (Wildman–Crippen LogP) is 1.69. The maximum absolute atomic E-state index is 9.14. The van der Waals surface area contributed by atoms with Crippen LogP contribution in [0.1, 0.15) is 18.4 Å². The standard InChI is InChI=1S/C15H21NO2/c17-11-12-5-7-16(8-6-12)10-14-9-13-3-1-2-4-15(13)18-14/h1-4,12,14,17H,5-11H2. The highest BCUT2D eigenvalue weighted by Gasteiger charge is 2.26. The molecule has 0 aliphatic carbocycles. The zero-order chi connectivity index (χ0) is 12.4. The van der Waals surface area contributed by atoms with E-state index in [1.165, 1.54) is 5.56 Å². The highest BCUT2D eigenvalue weighted by Crippen LogP contribution is 2.29. The van der Waals surface area contributed by atoms with Gasteiger partial charge in [-0.2, -0.15) is 0 Å². The third-order valence-corrected chi connectivity index (χ3v) is 4.14. The van der Waals surface area contributed by atoms with Crippen LogP contribution in [-0.2, 0) is 6.42 Å². The van der Waals surface area contributed by atoms with E-state index in [2.05, 4.69) is 23.1 Å². The monoisotopic (exact) mass is 247 g/mol. The summed E-state index contributed by atoms with van der Waals surface area (Å²) in [5.74, 6) is 1.58. The van der Waals surface area contributed by atoms with Crippen LogP contribution in [0.2, 0.25) is 0 Å². The van der Waals surface area contributed by atoms with Crippen LogP contribution in [0, 0.1) is 5.92 Å². The van der Waals surface area contributed by atoms with E-state index in [0.717, 1.165) is 44.6 Å². The summed E-state index contributed by atoms with van der Waals surface area (Å²) in [6, 6.07) is 8.34. The number of piperidine rings is 1. The fourth-order valence-corrected chi connectivity index (χ4v) is 3.00. The fraction of sp³-hybridized carbons (Fsp3) is 0.600. The van der Waals surface area contributed by atoms with E-state index >= 15 is 0 Å². The molecule has 1 aromatic rings. The topological polar surface area (TPSA) is 32.7 Å². The molecule has 3 heteroatoms. The third-order valence-electron chi connectivity index (χ3n) is 4.14. The fourth-order valence-electron chi connectivity index (χ4n) is 3.00.